The van der Waals surface area contributed by atoms with E-state index in [4.69, 9.17) is 0 Å². The lowest BCUT2D eigenvalue weighted by Gasteiger charge is -2.36. The maximum absolute atomic E-state index is 12.6. The number of ketones is 1. The highest BCUT2D eigenvalue weighted by Gasteiger charge is 2.38. The molecule has 1 aliphatic heterocycles. The lowest BCUT2D eigenvalue weighted by Crippen LogP contribution is -2.43. The van der Waals surface area contributed by atoms with Gasteiger partial charge in [-0.25, -0.2) is 4.98 Å². The molecule has 0 spiro atoms. The first-order chi connectivity index (χ1) is 8.68. The molecule has 1 aliphatic rings. The van der Waals surface area contributed by atoms with E-state index in [-0.39, 0.29) is 5.41 Å². The molecule has 0 amide bonds. The third-order valence-electron chi connectivity index (χ3n) is 4.00. The van der Waals surface area contributed by atoms with Crippen molar-refractivity contribution in [2.75, 3.05) is 13.1 Å². The van der Waals surface area contributed by atoms with Crippen LogP contribution in [0.2, 0.25) is 0 Å². The number of rotatable bonds is 5. The standard InChI is InChI=1S/C13H22N4O/c1-3-4-13(5-7-14-8-6-13)11(18)9-12-15-10-16-17(12)2/h10,14H,3-9H2,1-2H3. The molecule has 5 heteroatoms. The fraction of sp³-hybridized carbons (Fsp3) is 0.769. The maximum Gasteiger partial charge on any atom is 0.146 e. The molecule has 1 aromatic rings. The van der Waals surface area contributed by atoms with Crippen molar-refractivity contribution < 1.29 is 4.79 Å². The van der Waals surface area contributed by atoms with E-state index in [2.05, 4.69) is 22.3 Å². The molecule has 0 saturated carbocycles. The summed E-state index contributed by atoms with van der Waals surface area (Å²) in [5.74, 6) is 1.11. The summed E-state index contributed by atoms with van der Waals surface area (Å²) in [5.41, 5.74) is -0.133. The highest BCUT2D eigenvalue weighted by molar-refractivity contribution is 5.86. The zero-order valence-electron chi connectivity index (χ0n) is 11.3. The predicted molar refractivity (Wildman–Crippen MR) is 69.2 cm³/mol. The Morgan fingerprint density at radius 2 is 2.22 bits per heavy atom. The highest BCUT2D eigenvalue weighted by Crippen LogP contribution is 2.35. The van der Waals surface area contributed by atoms with Crippen molar-refractivity contribution in [3.63, 3.8) is 0 Å². The molecule has 1 aromatic heterocycles. The fourth-order valence-electron chi connectivity index (χ4n) is 2.86. The van der Waals surface area contributed by atoms with Gasteiger partial charge in [0.2, 0.25) is 0 Å². The average molecular weight is 250 g/mol. The molecule has 0 radical (unpaired) electrons. The second kappa shape index (κ2) is 5.61. The zero-order chi connectivity index (χ0) is 13.0. The molecule has 18 heavy (non-hydrogen) atoms. The minimum absolute atomic E-state index is 0.133. The Morgan fingerprint density at radius 1 is 1.50 bits per heavy atom. The normalized spacial score (nSPS) is 18.8. The van der Waals surface area contributed by atoms with E-state index in [1.165, 1.54) is 6.33 Å². The molecule has 2 heterocycles. The van der Waals surface area contributed by atoms with Crippen molar-refractivity contribution in [3.05, 3.63) is 12.2 Å². The van der Waals surface area contributed by atoms with Crippen LogP contribution in [0.3, 0.4) is 0 Å². The van der Waals surface area contributed by atoms with E-state index < -0.39 is 0 Å². The Kier molecular flexibility index (Phi) is 4.11. The summed E-state index contributed by atoms with van der Waals surface area (Å²) < 4.78 is 1.69. The summed E-state index contributed by atoms with van der Waals surface area (Å²) in [7, 11) is 1.84. The van der Waals surface area contributed by atoms with Crippen LogP contribution in [0.25, 0.3) is 0 Å². The Bertz CT molecular complexity index is 401. The van der Waals surface area contributed by atoms with Crippen LogP contribution in [-0.4, -0.2) is 33.6 Å². The molecule has 100 valence electrons. The molecule has 2 rings (SSSR count). The van der Waals surface area contributed by atoms with Crippen LogP contribution in [-0.2, 0) is 18.3 Å². The van der Waals surface area contributed by atoms with Gasteiger partial charge in [-0.15, -0.1) is 0 Å². The minimum atomic E-state index is -0.133. The molecular weight excluding hydrogens is 228 g/mol. The van der Waals surface area contributed by atoms with Gasteiger partial charge < -0.3 is 5.32 Å². The molecule has 0 unspecified atom stereocenters. The van der Waals surface area contributed by atoms with E-state index in [0.717, 1.165) is 44.6 Å². The predicted octanol–water partition coefficient (Wildman–Crippen LogP) is 1.10. The monoisotopic (exact) mass is 250 g/mol. The Labute approximate surface area is 108 Å². The average Bonchev–Trinajstić information content (AvgIpc) is 2.76. The van der Waals surface area contributed by atoms with Gasteiger partial charge in [-0.2, -0.15) is 5.10 Å². The molecule has 0 bridgehead atoms. The third-order valence-corrected chi connectivity index (χ3v) is 4.00. The lowest BCUT2D eigenvalue weighted by molar-refractivity contribution is -0.130. The molecule has 0 aliphatic carbocycles. The van der Waals surface area contributed by atoms with Gasteiger partial charge in [0.25, 0.3) is 0 Å². The summed E-state index contributed by atoms with van der Waals surface area (Å²) in [6.45, 7) is 4.05. The highest BCUT2D eigenvalue weighted by atomic mass is 16.1. The number of piperidine rings is 1. The van der Waals surface area contributed by atoms with E-state index in [1.54, 1.807) is 4.68 Å². The number of carbonyl (C=O) groups is 1. The van der Waals surface area contributed by atoms with E-state index >= 15 is 0 Å². The van der Waals surface area contributed by atoms with Crippen LogP contribution in [0.15, 0.2) is 6.33 Å². The molecule has 0 aromatic carbocycles. The number of nitrogens with zero attached hydrogens (tertiary/aromatic N) is 3. The Morgan fingerprint density at radius 3 is 2.78 bits per heavy atom. The van der Waals surface area contributed by atoms with Crippen molar-refractivity contribution in [1.29, 1.82) is 0 Å². The second-order valence-corrected chi connectivity index (χ2v) is 5.18. The quantitative estimate of drug-likeness (QED) is 0.850. The zero-order valence-corrected chi connectivity index (χ0v) is 11.3. The number of aryl methyl sites for hydroxylation is 1. The summed E-state index contributed by atoms with van der Waals surface area (Å²) in [6, 6.07) is 0. The van der Waals surface area contributed by atoms with Crippen LogP contribution in [0.5, 0.6) is 0 Å². The van der Waals surface area contributed by atoms with Gasteiger partial charge in [-0.3, -0.25) is 9.48 Å². The SMILES string of the molecule is CCCC1(C(=O)Cc2ncnn2C)CCNCC1. The van der Waals surface area contributed by atoms with E-state index in [9.17, 15) is 4.79 Å². The van der Waals surface area contributed by atoms with Gasteiger partial charge in [-0.05, 0) is 32.4 Å². The number of aromatic nitrogens is 3. The summed E-state index contributed by atoms with van der Waals surface area (Å²) >= 11 is 0. The number of hydrogen-bond donors (Lipinski definition) is 1. The first-order valence-electron chi connectivity index (χ1n) is 6.75. The van der Waals surface area contributed by atoms with E-state index in [0.29, 0.717) is 12.2 Å². The van der Waals surface area contributed by atoms with Crippen LogP contribution in [0.1, 0.15) is 38.4 Å². The van der Waals surface area contributed by atoms with Crippen molar-refractivity contribution in [1.82, 2.24) is 20.1 Å². The topological polar surface area (TPSA) is 59.8 Å². The third kappa shape index (κ3) is 2.61. The van der Waals surface area contributed by atoms with Crippen LogP contribution >= 0.6 is 0 Å². The molecule has 0 atom stereocenters. The summed E-state index contributed by atoms with van der Waals surface area (Å²) in [5, 5.41) is 7.36. The van der Waals surface area contributed by atoms with Gasteiger partial charge >= 0.3 is 0 Å². The molecular formula is C13H22N4O. The largest absolute Gasteiger partial charge is 0.317 e. The van der Waals surface area contributed by atoms with Crippen LogP contribution in [0, 0.1) is 5.41 Å². The number of Topliss-reactive ketones (excluding diaryl/α,β-unsaturated/α-hetero) is 1. The molecule has 5 nitrogen and oxygen atoms in total. The van der Waals surface area contributed by atoms with Crippen molar-refractivity contribution >= 4 is 5.78 Å². The van der Waals surface area contributed by atoms with Gasteiger partial charge in [0.15, 0.2) is 0 Å². The maximum atomic E-state index is 12.6. The molecule has 1 N–H and O–H groups in total. The minimum Gasteiger partial charge on any atom is -0.317 e. The second-order valence-electron chi connectivity index (χ2n) is 5.18. The number of nitrogens with one attached hydrogen (secondary N) is 1. The number of hydrogen-bond acceptors (Lipinski definition) is 4. The van der Waals surface area contributed by atoms with E-state index in [1.807, 2.05) is 7.05 Å². The fourth-order valence-corrected chi connectivity index (χ4v) is 2.86. The van der Waals surface area contributed by atoms with Gasteiger partial charge in [0.1, 0.15) is 17.9 Å². The van der Waals surface area contributed by atoms with Crippen molar-refractivity contribution in [2.45, 2.75) is 39.0 Å². The first-order valence-corrected chi connectivity index (χ1v) is 6.75. The Balaban J connectivity index is 2.11. The van der Waals surface area contributed by atoms with Crippen LogP contribution < -0.4 is 5.32 Å². The van der Waals surface area contributed by atoms with Crippen molar-refractivity contribution in [2.24, 2.45) is 12.5 Å². The smallest absolute Gasteiger partial charge is 0.146 e. The van der Waals surface area contributed by atoms with Gasteiger partial charge in [-0.1, -0.05) is 13.3 Å². The van der Waals surface area contributed by atoms with Gasteiger partial charge in [0, 0.05) is 12.5 Å². The van der Waals surface area contributed by atoms with Crippen LogP contribution in [0.4, 0.5) is 0 Å². The van der Waals surface area contributed by atoms with Gasteiger partial charge in [0.05, 0.1) is 6.42 Å². The first kappa shape index (κ1) is 13.2. The Hall–Kier alpha value is -1.23. The summed E-state index contributed by atoms with van der Waals surface area (Å²) in [4.78, 5) is 16.8. The number of carbonyl (C=O) groups excluding carboxylic acids is 1. The molecule has 1 saturated heterocycles. The van der Waals surface area contributed by atoms with Crippen molar-refractivity contribution in [3.8, 4) is 0 Å². The lowest BCUT2D eigenvalue weighted by atomic mass is 9.71. The molecule has 1 fully saturated rings. The summed E-state index contributed by atoms with van der Waals surface area (Å²) in [6.07, 6.45) is 5.89.